The molecule has 1 amide bonds. The molecule has 0 spiro atoms. The summed E-state index contributed by atoms with van der Waals surface area (Å²) in [5, 5.41) is 6.00. The number of methoxy groups -OCH3 is 1. The van der Waals surface area contributed by atoms with Crippen LogP contribution in [0.4, 0.5) is 11.4 Å². The van der Waals surface area contributed by atoms with Crippen molar-refractivity contribution in [3.8, 4) is 5.75 Å². The van der Waals surface area contributed by atoms with Gasteiger partial charge in [0.05, 0.1) is 29.8 Å². The van der Waals surface area contributed by atoms with Crippen molar-refractivity contribution >= 4 is 27.3 Å². The highest BCUT2D eigenvalue weighted by Crippen LogP contribution is 2.27. The number of nitrogens with zero attached hydrogens (tertiary/aromatic N) is 1. The summed E-state index contributed by atoms with van der Waals surface area (Å²) in [7, 11) is -2.03. The van der Waals surface area contributed by atoms with Crippen molar-refractivity contribution in [2.75, 3.05) is 37.4 Å². The Morgan fingerprint density at radius 3 is 2.21 bits per heavy atom. The molecule has 0 saturated carbocycles. The molecule has 0 aliphatic rings. The van der Waals surface area contributed by atoms with Crippen LogP contribution in [0.2, 0.25) is 0 Å². The molecule has 2 aromatic rings. The molecule has 0 aliphatic heterocycles. The molecule has 7 nitrogen and oxygen atoms in total. The van der Waals surface area contributed by atoms with Crippen molar-refractivity contribution in [2.45, 2.75) is 32.1 Å². The highest BCUT2D eigenvalue weighted by atomic mass is 32.2. The molecule has 0 unspecified atom stereocenters. The number of anilines is 2. The minimum atomic E-state index is -3.62. The van der Waals surface area contributed by atoms with Crippen LogP contribution < -0.4 is 15.4 Å². The van der Waals surface area contributed by atoms with E-state index in [1.165, 1.54) is 10.4 Å². The lowest BCUT2D eigenvalue weighted by molar-refractivity contribution is -0.115. The fraction of sp³-hybridized carbons (Fsp3) is 0.381. The van der Waals surface area contributed by atoms with Gasteiger partial charge in [0.15, 0.2) is 0 Å². The van der Waals surface area contributed by atoms with Crippen molar-refractivity contribution < 1.29 is 17.9 Å². The smallest absolute Gasteiger partial charge is 0.243 e. The average Bonchev–Trinajstić information content (AvgIpc) is 2.70. The van der Waals surface area contributed by atoms with Crippen LogP contribution in [0.25, 0.3) is 0 Å². The molecular formula is C21H29N3O4S. The van der Waals surface area contributed by atoms with E-state index in [0.29, 0.717) is 31.0 Å². The molecule has 0 atom stereocenters. The molecule has 0 bridgehead atoms. The normalized spacial score (nSPS) is 11.3. The van der Waals surface area contributed by atoms with Crippen LogP contribution in [0, 0.1) is 0 Å². The minimum absolute atomic E-state index is 0.155. The summed E-state index contributed by atoms with van der Waals surface area (Å²) in [5.41, 5.74) is 1.95. The largest absolute Gasteiger partial charge is 0.497 e. The predicted molar refractivity (Wildman–Crippen MR) is 116 cm³/mol. The van der Waals surface area contributed by atoms with E-state index >= 15 is 0 Å². The summed E-state index contributed by atoms with van der Waals surface area (Å²) in [6.07, 6.45) is 0.169. The molecule has 0 aromatic heterocycles. The first-order valence-electron chi connectivity index (χ1n) is 9.66. The Hall–Kier alpha value is -2.58. The maximum Gasteiger partial charge on any atom is 0.243 e. The maximum absolute atomic E-state index is 12.8. The number of nitrogens with one attached hydrogen (secondary N) is 2. The zero-order valence-corrected chi connectivity index (χ0v) is 18.2. The monoisotopic (exact) mass is 419 g/mol. The summed E-state index contributed by atoms with van der Waals surface area (Å²) in [6.45, 7) is 6.93. The van der Waals surface area contributed by atoms with Crippen molar-refractivity contribution in [3.05, 3.63) is 48.0 Å². The van der Waals surface area contributed by atoms with E-state index < -0.39 is 10.0 Å². The van der Waals surface area contributed by atoms with Gasteiger partial charge in [-0.05, 0) is 42.8 Å². The number of benzene rings is 2. The third-order valence-corrected chi connectivity index (χ3v) is 6.55. The van der Waals surface area contributed by atoms with E-state index in [-0.39, 0.29) is 17.2 Å². The number of hydrogen-bond acceptors (Lipinski definition) is 5. The Bertz CT molecular complexity index is 923. The van der Waals surface area contributed by atoms with Crippen LogP contribution in [0.5, 0.6) is 5.75 Å². The number of amides is 1. The quantitative estimate of drug-likeness (QED) is 0.617. The molecule has 0 aliphatic carbocycles. The second-order valence-corrected chi connectivity index (χ2v) is 8.34. The van der Waals surface area contributed by atoms with Crippen molar-refractivity contribution in [1.82, 2.24) is 4.31 Å². The van der Waals surface area contributed by atoms with Crippen molar-refractivity contribution in [2.24, 2.45) is 0 Å². The highest BCUT2D eigenvalue weighted by molar-refractivity contribution is 7.89. The number of carbonyl (C=O) groups is 1. The zero-order chi connectivity index (χ0) is 21.4. The minimum Gasteiger partial charge on any atom is -0.497 e. The summed E-state index contributed by atoms with van der Waals surface area (Å²) in [4.78, 5) is 12.7. The number of sulfonamides is 1. The Morgan fingerprint density at radius 2 is 1.66 bits per heavy atom. The SMILES string of the molecule is CCNc1ccc(S(=O)(=O)N(CC)CC)cc1NC(=O)Cc1ccc(OC)cc1. The van der Waals surface area contributed by atoms with Gasteiger partial charge in [-0.15, -0.1) is 0 Å². The van der Waals surface area contributed by atoms with Gasteiger partial charge in [0.25, 0.3) is 0 Å². The highest BCUT2D eigenvalue weighted by Gasteiger charge is 2.23. The Balaban J connectivity index is 2.27. The van der Waals surface area contributed by atoms with Gasteiger partial charge in [0.1, 0.15) is 5.75 Å². The lowest BCUT2D eigenvalue weighted by Crippen LogP contribution is -2.30. The van der Waals surface area contributed by atoms with Gasteiger partial charge in [-0.3, -0.25) is 4.79 Å². The van der Waals surface area contributed by atoms with Gasteiger partial charge in [-0.1, -0.05) is 26.0 Å². The third kappa shape index (κ3) is 5.71. The zero-order valence-electron chi connectivity index (χ0n) is 17.4. The van der Waals surface area contributed by atoms with E-state index in [0.717, 1.165) is 11.3 Å². The molecule has 2 aromatic carbocycles. The van der Waals surface area contributed by atoms with E-state index in [4.69, 9.17) is 4.74 Å². The number of carbonyl (C=O) groups excluding carboxylic acids is 1. The average molecular weight is 420 g/mol. The number of hydrogen-bond donors (Lipinski definition) is 2. The Kier molecular flexibility index (Phi) is 8.04. The van der Waals surface area contributed by atoms with E-state index in [9.17, 15) is 13.2 Å². The maximum atomic E-state index is 12.8. The molecule has 2 rings (SSSR count). The molecule has 8 heteroatoms. The van der Waals surface area contributed by atoms with Gasteiger partial charge in [0, 0.05) is 19.6 Å². The van der Waals surface area contributed by atoms with E-state index in [1.807, 2.05) is 19.1 Å². The van der Waals surface area contributed by atoms with Crippen LogP contribution in [0.15, 0.2) is 47.4 Å². The van der Waals surface area contributed by atoms with Crippen LogP contribution in [0.3, 0.4) is 0 Å². The molecule has 29 heavy (non-hydrogen) atoms. The Labute approximate surface area is 173 Å². The lowest BCUT2D eigenvalue weighted by atomic mass is 10.1. The molecule has 0 heterocycles. The molecule has 158 valence electrons. The third-order valence-electron chi connectivity index (χ3n) is 4.50. The predicted octanol–water partition coefficient (Wildman–Crippen LogP) is 3.34. The first-order valence-corrected chi connectivity index (χ1v) is 11.1. The van der Waals surface area contributed by atoms with Gasteiger partial charge in [-0.2, -0.15) is 4.31 Å². The molecular weight excluding hydrogens is 390 g/mol. The van der Waals surface area contributed by atoms with Crippen LogP contribution >= 0.6 is 0 Å². The summed E-state index contributed by atoms with van der Waals surface area (Å²) in [5.74, 6) is 0.490. The van der Waals surface area contributed by atoms with Gasteiger partial charge in [0.2, 0.25) is 15.9 Å². The van der Waals surface area contributed by atoms with E-state index in [2.05, 4.69) is 10.6 Å². The van der Waals surface area contributed by atoms with Gasteiger partial charge in [-0.25, -0.2) is 8.42 Å². The van der Waals surface area contributed by atoms with Crippen LogP contribution in [-0.4, -0.2) is 45.4 Å². The summed E-state index contributed by atoms with van der Waals surface area (Å²) in [6, 6.07) is 12.0. The fourth-order valence-corrected chi connectivity index (χ4v) is 4.45. The molecule has 2 N–H and O–H groups in total. The van der Waals surface area contributed by atoms with Crippen molar-refractivity contribution in [3.63, 3.8) is 0 Å². The molecule has 0 fully saturated rings. The van der Waals surface area contributed by atoms with Gasteiger partial charge >= 0.3 is 0 Å². The standard InChI is InChI=1S/C21H29N3O4S/c1-5-22-19-13-12-18(29(26,27)24(6-2)7-3)15-20(19)23-21(25)14-16-8-10-17(28-4)11-9-16/h8-13,15,22H,5-7,14H2,1-4H3,(H,23,25). The second kappa shape index (κ2) is 10.3. The second-order valence-electron chi connectivity index (χ2n) is 6.40. The van der Waals surface area contributed by atoms with Crippen molar-refractivity contribution in [1.29, 1.82) is 0 Å². The first kappa shape index (κ1) is 22.7. The van der Waals surface area contributed by atoms with Crippen LogP contribution in [-0.2, 0) is 21.2 Å². The molecule has 0 radical (unpaired) electrons. The lowest BCUT2D eigenvalue weighted by Gasteiger charge is -2.20. The topological polar surface area (TPSA) is 87.7 Å². The van der Waals surface area contributed by atoms with Crippen LogP contribution in [0.1, 0.15) is 26.3 Å². The Morgan fingerprint density at radius 1 is 1.00 bits per heavy atom. The molecule has 0 saturated heterocycles. The first-order chi connectivity index (χ1) is 13.8. The number of rotatable bonds is 10. The fourth-order valence-electron chi connectivity index (χ4n) is 2.97. The van der Waals surface area contributed by atoms with Gasteiger partial charge < -0.3 is 15.4 Å². The van der Waals surface area contributed by atoms with E-state index in [1.54, 1.807) is 45.2 Å². The number of ether oxygens (including phenoxy) is 1. The summed E-state index contributed by atoms with van der Waals surface area (Å²) < 4.78 is 32.2. The summed E-state index contributed by atoms with van der Waals surface area (Å²) >= 11 is 0.